The van der Waals surface area contributed by atoms with Gasteiger partial charge in [0.15, 0.2) is 5.71 Å². The van der Waals surface area contributed by atoms with Crippen LogP contribution in [0.5, 0.6) is 5.75 Å². The van der Waals surface area contributed by atoms with Crippen LogP contribution in [0.2, 0.25) is 5.02 Å². The first kappa shape index (κ1) is 51.9. The van der Waals surface area contributed by atoms with E-state index in [4.69, 9.17) is 16.3 Å². The van der Waals surface area contributed by atoms with E-state index < -0.39 is 0 Å². The fourth-order valence-corrected chi connectivity index (χ4v) is 11.1. The molecule has 0 saturated carbocycles. The summed E-state index contributed by atoms with van der Waals surface area (Å²) >= 11 is 7.05. The number of likely N-dealkylation sites (N-methyl/N-ethyl adjacent to an activating group) is 1. The van der Waals surface area contributed by atoms with Crippen molar-refractivity contribution in [1.82, 2.24) is 15.2 Å². The highest BCUT2D eigenvalue weighted by Gasteiger charge is 2.45. The molecule has 0 saturated heterocycles. The molecule has 0 unspecified atom stereocenters. The molecule has 374 valence electrons. The minimum absolute atomic E-state index is 0.0748. The Kier molecular flexibility index (Phi) is 16.3. The first-order chi connectivity index (χ1) is 34.7. The molecule has 5 aromatic carbocycles. The molecule has 2 N–H and O–H groups in total. The minimum atomic E-state index is -0.299. The molecule has 0 spiro atoms. The summed E-state index contributed by atoms with van der Waals surface area (Å²) in [6.45, 7) is 15.5. The van der Waals surface area contributed by atoms with Gasteiger partial charge < -0.3 is 29.9 Å². The van der Waals surface area contributed by atoms with Crippen LogP contribution in [0, 0.1) is 6.92 Å². The average molecular weight is 1010 g/mol. The van der Waals surface area contributed by atoms with Gasteiger partial charge in [0.05, 0.1) is 30.9 Å². The molecule has 2 aliphatic rings. The van der Waals surface area contributed by atoms with Crippen LogP contribution >= 0.6 is 23.6 Å². The van der Waals surface area contributed by atoms with Crippen LogP contribution in [0.3, 0.4) is 0 Å². The van der Waals surface area contributed by atoms with Gasteiger partial charge in [-0.05, 0) is 141 Å². The second-order valence-electron chi connectivity index (χ2n) is 19.5. The first-order valence-electron chi connectivity index (χ1n) is 24.8. The summed E-state index contributed by atoms with van der Waals surface area (Å²) in [5.74, 6) is 0.816. The normalized spacial score (nSPS) is 15.3. The molecular formula is C59H64ClN5O6S. The maximum absolute atomic E-state index is 13.7. The third-order valence-electron chi connectivity index (χ3n) is 14.2. The van der Waals surface area contributed by atoms with Gasteiger partial charge >= 0.3 is 0 Å². The van der Waals surface area contributed by atoms with Gasteiger partial charge in [-0.3, -0.25) is 19.0 Å². The zero-order valence-corrected chi connectivity index (χ0v) is 43.8. The molecule has 2 amide bonds. The number of allylic oxidation sites excluding steroid dienone is 6. The van der Waals surface area contributed by atoms with E-state index in [1.54, 1.807) is 42.0 Å². The van der Waals surface area contributed by atoms with Gasteiger partial charge in [-0.2, -0.15) is 4.58 Å². The molecule has 6 aromatic rings. The first-order valence-corrected chi connectivity index (χ1v) is 26.0. The van der Waals surface area contributed by atoms with Crippen LogP contribution < -0.4 is 25.5 Å². The number of unbranched alkanes of at least 4 members (excludes halogenated alkanes) is 1. The van der Waals surface area contributed by atoms with Crippen LogP contribution in [0.15, 0.2) is 133 Å². The minimum Gasteiger partial charge on any atom is -0.711 e. The van der Waals surface area contributed by atoms with Crippen molar-refractivity contribution in [3.05, 3.63) is 172 Å². The predicted octanol–water partition coefficient (Wildman–Crippen LogP) is 10.8. The topological polar surface area (TPSA) is 128 Å². The Balaban J connectivity index is 0.872. The van der Waals surface area contributed by atoms with E-state index in [2.05, 4.69) is 138 Å². The number of carbonyl (C=O) groups is 3. The lowest BCUT2D eigenvalue weighted by Gasteiger charge is -2.25. The van der Waals surface area contributed by atoms with Gasteiger partial charge in [0.2, 0.25) is 17.5 Å². The van der Waals surface area contributed by atoms with Gasteiger partial charge in [-0.25, -0.2) is 0 Å². The van der Waals surface area contributed by atoms with Crippen LogP contribution in [-0.2, 0) is 37.6 Å². The number of nitrogens with zero attached hydrogens (tertiary/aromatic N) is 3. The molecule has 0 aliphatic carbocycles. The third kappa shape index (κ3) is 10.7. The lowest BCUT2D eigenvalue weighted by atomic mass is 9.79. The zero-order valence-electron chi connectivity index (χ0n) is 42.3. The zero-order chi connectivity index (χ0) is 51.2. The van der Waals surface area contributed by atoms with Crippen LogP contribution in [0.4, 0.5) is 11.4 Å². The number of anilines is 1. The van der Waals surface area contributed by atoms with Crippen molar-refractivity contribution in [3.8, 4) is 5.75 Å². The summed E-state index contributed by atoms with van der Waals surface area (Å²) in [6, 6.07) is 31.6. The molecule has 3 heterocycles. The van der Waals surface area contributed by atoms with E-state index in [1.807, 2.05) is 25.1 Å². The molecule has 2 aliphatic heterocycles. The van der Waals surface area contributed by atoms with Crippen molar-refractivity contribution >= 4 is 80.1 Å². The summed E-state index contributed by atoms with van der Waals surface area (Å²) in [7, 11) is 1.58. The maximum Gasteiger partial charge on any atom is 0.262 e. The number of benzene rings is 5. The summed E-state index contributed by atoms with van der Waals surface area (Å²) in [5.41, 5.74) is 10.3. The second-order valence-corrected chi connectivity index (χ2v) is 20.7. The molecule has 0 atom stereocenters. The molecule has 11 nitrogen and oxygen atoms in total. The average Bonchev–Trinajstić information content (AvgIpc) is 3.86. The molecule has 0 radical (unpaired) electrons. The van der Waals surface area contributed by atoms with E-state index in [-0.39, 0.29) is 41.4 Å². The lowest BCUT2D eigenvalue weighted by molar-refractivity contribution is -0.630. The summed E-state index contributed by atoms with van der Waals surface area (Å²) < 4.78 is 13.6. The molecule has 8 rings (SSSR count). The maximum atomic E-state index is 13.7. The predicted molar refractivity (Wildman–Crippen MR) is 291 cm³/mol. The monoisotopic (exact) mass is 1010 g/mol. The van der Waals surface area contributed by atoms with E-state index in [1.165, 1.54) is 39.0 Å². The Bertz CT molecular complexity index is 3150. The van der Waals surface area contributed by atoms with Gasteiger partial charge in [-0.15, -0.1) is 0 Å². The molecule has 0 bridgehead atoms. The fourth-order valence-electron chi connectivity index (χ4n) is 10.6. The highest BCUT2D eigenvalue weighted by atomic mass is 35.5. The number of carbonyl (C=O) groups excluding carboxylic acids is 3. The van der Waals surface area contributed by atoms with Crippen molar-refractivity contribution in [2.45, 2.75) is 84.5 Å². The van der Waals surface area contributed by atoms with Crippen molar-refractivity contribution in [1.29, 1.82) is 0 Å². The van der Waals surface area contributed by atoms with Gasteiger partial charge in [-0.1, -0.05) is 80.1 Å². The number of hydrogen-bond acceptors (Lipinski definition) is 8. The Hall–Kier alpha value is -6.44. The van der Waals surface area contributed by atoms with Crippen molar-refractivity contribution in [3.63, 3.8) is 0 Å². The number of hydrogen-bond donors (Lipinski definition) is 2. The standard InChI is InChI=1S/C59H64ClN5O6S/c1-8-63-50-28-21-40(36-54(66)61-31-16-32-62-55(67)38-46-39(2)65(49-30-27-44(70-7)37-47(46)49)57(68)42-22-25-43(60)26-23-42)35-48(50)58(3,4)52(63)19-10-9-11-20-53-59(5,6)56-45-18-13-12-17-41(45)24-29-51(56)64(53)33-14-15-34-72-71-69/h9-13,17-30,35,37H,8,14-16,31-34,36,38H2,1-7H3,(H2-,61,62,66,67,69). The largest absolute Gasteiger partial charge is 0.711 e. The Morgan fingerprint density at radius 2 is 1.57 bits per heavy atom. The Morgan fingerprint density at radius 1 is 0.819 bits per heavy atom. The number of ether oxygens (including phenoxy) is 1. The van der Waals surface area contributed by atoms with E-state index >= 15 is 0 Å². The second kappa shape index (κ2) is 22.5. The highest BCUT2D eigenvalue weighted by Crippen LogP contribution is 2.48. The quantitative estimate of drug-likeness (QED) is 0.0193. The van der Waals surface area contributed by atoms with Crippen LogP contribution in [0.25, 0.3) is 21.7 Å². The number of rotatable bonds is 20. The van der Waals surface area contributed by atoms with Crippen LogP contribution in [-0.4, -0.2) is 71.6 Å². The van der Waals surface area contributed by atoms with Crippen molar-refractivity contribution < 1.29 is 33.3 Å². The Labute approximate surface area is 432 Å². The molecule has 13 heteroatoms. The molecule has 72 heavy (non-hydrogen) atoms. The third-order valence-corrected chi connectivity index (χ3v) is 15.0. The van der Waals surface area contributed by atoms with E-state index in [0.717, 1.165) is 60.2 Å². The molecular weight excluding hydrogens is 942 g/mol. The number of fused-ring (bicyclic) bond motifs is 5. The summed E-state index contributed by atoms with van der Waals surface area (Å²) in [6.07, 6.45) is 13.5. The SMILES string of the molecule is CCN1\C(=C/C=C/C=C/C2=[N+](CCCCSO[O-])c3ccc4ccccc4c3C2(C)C)C(C)(C)c2cc(CC(=O)NCCCNC(=O)Cc3c(C)n(C(=O)c4ccc(Cl)cc4)c4ccc(OC)cc34)ccc21. The highest BCUT2D eigenvalue weighted by molar-refractivity contribution is 7.94. The van der Waals surface area contributed by atoms with Crippen LogP contribution in [0.1, 0.15) is 92.2 Å². The van der Waals surface area contributed by atoms with Gasteiger partial charge in [0.25, 0.3) is 5.91 Å². The number of methoxy groups -OCH3 is 1. The van der Waals surface area contributed by atoms with Gasteiger partial charge in [0, 0.05) is 88.0 Å². The number of nitrogens with one attached hydrogen (secondary N) is 2. The number of amides is 2. The summed E-state index contributed by atoms with van der Waals surface area (Å²) in [5, 5.41) is 20.4. The smallest absolute Gasteiger partial charge is 0.262 e. The number of halogens is 1. The number of aromatic nitrogens is 1. The fraction of sp³-hybridized carbons (Fsp3) is 0.322. The van der Waals surface area contributed by atoms with Crippen molar-refractivity contribution in [2.75, 3.05) is 43.9 Å². The summed E-state index contributed by atoms with van der Waals surface area (Å²) in [4.78, 5) is 42.6. The molecule has 1 aromatic heterocycles. The lowest BCUT2D eigenvalue weighted by Crippen LogP contribution is -2.31. The van der Waals surface area contributed by atoms with E-state index in [9.17, 15) is 19.6 Å². The Morgan fingerprint density at radius 3 is 2.31 bits per heavy atom. The van der Waals surface area contributed by atoms with E-state index in [0.29, 0.717) is 52.8 Å². The van der Waals surface area contributed by atoms with Gasteiger partial charge in [0.1, 0.15) is 12.3 Å². The molecule has 0 fully saturated rings. The van der Waals surface area contributed by atoms with Crippen molar-refractivity contribution in [2.24, 2.45) is 0 Å².